The number of hydrogen-bond donors (Lipinski definition) is 3. The van der Waals surface area contributed by atoms with Gasteiger partial charge in [-0.1, -0.05) is 126 Å². The van der Waals surface area contributed by atoms with Crippen molar-refractivity contribution in [1.29, 1.82) is 0 Å². The van der Waals surface area contributed by atoms with Gasteiger partial charge in [-0.2, -0.15) is 0 Å². The van der Waals surface area contributed by atoms with Gasteiger partial charge in [-0.15, -0.1) is 0 Å². The van der Waals surface area contributed by atoms with Gasteiger partial charge >= 0.3 is 0 Å². The molecule has 3 amide bonds. The molecule has 0 bridgehead atoms. The van der Waals surface area contributed by atoms with E-state index >= 15 is 0 Å². The third kappa shape index (κ3) is 14.8. The maximum absolute atomic E-state index is 12.5. The summed E-state index contributed by atoms with van der Waals surface area (Å²) in [4.78, 5) is 54.4. The fourth-order valence-electron chi connectivity index (χ4n) is 7.44. The Labute approximate surface area is 429 Å². The molecule has 0 aliphatic heterocycles. The summed E-state index contributed by atoms with van der Waals surface area (Å²) in [6.07, 6.45) is 6.83. The van der Waals surface area contributed by atoms with Crippen molar-refractivity contribution in [3.8, 4) is 33.9 Å². The molecule has 0 radical (unpaired) electrons. The Balaban J connectivity index is 0.000000161. The lowest BCUT2D eigenvalue weighted by Crippen LogP contribution is -2.13. The number of hydrogen-bond acceptors (Lipinski definition) is 7. The number of nitrogens with one attached hydrogen (secondary N) is 3. The van der Waals surface area contributed by atoms with E-state index in [1.807, 2.05) is 172 Å². The first-order valence-corrected chi connectivity index (χ1v) is 24.1. The Bertz CT molecular complexity index is 3220. The van der Waals surface area contributed by atoms with E-state index in [-0.39, 0.29) is 28.6 Å². The second-order valence-corrected chi connectivity index (χ2v) is 19.6. The minimum absolute atomic E-state index is 0.0910. The molecule has 10 nitrogen and oxygen atoms in total. The van der Waals surface area contributed by atoms with Crippen molar-refractivity contribution in [2.45, 2.75) is 66.2 Å². The van der Waals surface area contributed by atoms with Gasteiger partial charge in [-0.3, -0.25) is 34.3 Å². The third-order valence-electron chi connectivity index (χ3n) is 11.8. The molecule has 0 fully saturated rings. The van der Waals surface area contributed by atoms with E-state index in [0.717, 1.165) is 62.1 Å². The second-order valence-electron chi connectivity index (χ2n) is 19.6. The molecule has 3 N–H and O–H groups in total. The Morgan fingerprint density at radius 3 is 1.21 bits per heavy atom. The van der Waals surface area contributed by atoms with Gasteiger partial charge < -0.3 is 16.0 Å². The smallest absolute Gasteiger partial charge is 0.257 e. The largest absolute Gasteiger partial charge is 0.322 e. The van der Waals surface area contributed by atoms with Crippen LogP contribution >= 0.6 is 0 Å². The van der Waals surface area contributed by atoms with E-state index in [4.69, 9.17) is 0 Å². The number of rotatable bonds is 9. The molecule has 5 aromatic carbocycles. The van der Waals surface area contributed by atoms with Crippen molar-refractivity contribution < 1.29 is 14.4 Å². The molecule has 0 atom stereocenters. The number of carbonyl (C=O) groups is 3. The zero-order valence-electron chi connectivity index (χ0n) is 42.6. The molecule has 366 valence electrons. The zero-order chi connectivity index (χ0) is 52.0. The highest BCUT2D eigenvalue weighted by molar-refractivity contribution is 6.05. The predicted molar refractivity (Wildman–Crippen MR) is 297 cm³/mol. The number of amides is 3. The first-order valence-electron chi connectivity index (χ1n) is 24.1. The van der Waals surface area contributed by atoms with Crippen molar-refractivity contribution in [2.75, 3.05) is 16.0 Å². The first kappa shape index (κ1) is 51.9. The first-order chi connectivity index (χ1) is 35.0. The number of aryl methyl sites for hydroxylation is 2. The molecule has 73 heavy (non-hydrogen) atoms. The number of anilines is 3. The van der Waals surface area contributed by atoms with Crippen LogP contribution in [0.15, 0.2) is 207 Å². The lowest BCUT2D eigenvalue weighted by atomic mass is 9.87. The molecule has 0 aliphatic rings. The van der Waals surface area contributed by atoms with Crippen molar-refractivity contribution in [3.63, 3.8) is 0 Å². The van der Waals surface area contributed by atoms with Crippen molar-refractivity contribution in [3.05, 3.63) is 246 Å². The molecule has 10 heteroatoms. The molecule has 0 unspecified atom stereocenters. The summed E-state index contributed by atoms with van der Waals surface area (Å²) >= 11 is 0. The molecule has 0 saturated heterocycles. The van der Waals surface area contributed by atoms with Crippen molar-refractivity contribution in [1.82, 2.24) is 19.9 Å². The van der Waals surface area contributed by atoms with Gasteiger partial charge in [0, 0.05) is 64.1 Å². The normalized spacial score (nSPS) is 10.9. The molecule has 4 aromatic heterocycles. The number of benzene rings is 5. The maximum Gasteiger partial charge on any atom is 0.257 e. The van der Waals surface area contributed by atoms with Crippen molar-refractivity contribution >= 4 is 34.8 Å². The van der Waals surface area contributed by atoms with Crippen LogP contribution in [0.25, 0.3) is 33.9 Å². The zero-order valence-corrected chi connectivity index (χ0v) is 42.6. The van der Waals surface area contributed by atoms with E-state index < -0.39 is 0 Å². The summed E-state index contributed by atoms with van der Waals surface area (Å²) < 4.78 is 0. The standard InChI is InChI=1S/C23H24N2O.C21H21N3O.C19H16N2O/c1-16-6-5-15-24-21(16)17-7-9-18(10-8-17)22(26)25-20-13-11-19(12-14-20)23(2,3)4;1-21(2,3)16-8-10-17(11-9-16)24-20(25)15-7-12-19(23-14-15)18-6-4-5-13-22-18;1-14-5-11-17(12-6-14)21-19(22)16-9-7-15(8-10-16)18-4-2-3-13-20-18/h5-15H,1-4H3,(H,25,26);4-14H,1-3H3,(H,24,25);2-13H,1H3,(H,21,22). The Hall–Kier alpha value is -8.89. The lowest BCUT2D eigenvalue weighted by molar-refractivity contribution is 0.101. The minimum Gasteiger partial charge on any atom is -0.322 e. The Kier molecular flexibility index (Phi) is 16.9. The summed E-state index contributed by atoms with van der Waals surface area (Å²) in [5.74, 6) is -0.405. The van der Waals surface area contributed by atoms with Crippen LogP contribution in [0.4, 0.5) is 17.1 Å². The Morgan fingerprint density at radius 2 is 0.781 bits per heavy atom. The monoisotopic (exact) mass is 963 g/mol. The number of nitrogens with zero attached hydrogens (tertiary/aromatic N) is 4. The van der Waals surface area contributed by atoms with Crippen LogP contribution in [0.3, 0.4) is 0 Å². The molecule has 9 rings (SSSR count). The highest BCUT2D eigenvalue weighted by Crippen LogP contribution is 2.26. The topological polar surface area (TPSA) is 139 Å². The average molecular weight is 964 g/mol. The van der Waals surface area contributed by atoms with Gasteiger partial charge in [0.1, 0.15) is 0 Å². The van der Waals surface area contributed by atoms with Crippen LogP contribution in [0.1, 0.15) is 94.9 Å². The molecular weight excluding hydrogens is 903 g/mol. The van der Waals surface area contributed by atoms with Gasteiger partial charge in [-0.05, 0) is 144 Å². The van der Waals surface area contributed by atoms with E-state index in [0.29, 0.717) is 16.7 Å². The van der Waals surface area contributed by atoms with E-state index in [1.54, 1.807) is 36.9 Å². The van der Waals surface area contributed by atoms with E-state index in [2.05, 4.69) is 89.6 Å². The molecular formula is C63H61N7O3. The highest BCUT2D eigenvalue weighted by atomic mass is 16.2. The van der Waals surface area contributed by atoms with Gasteiger partial charge in [0.05, 0.1) is 28.3 Å². The van der Waals surface area contributed by atoms with Crippen LogP contribution < -0.4 is 16.0 Å². The molecule has 0 spiro atoms. The van der Waals surface area contributed by atoms with Crippen molar-refractivity contribution in [2.24, 2.45) is 0 Å². The van der Waals surface area contributed by atoms with Gasteiger partial charge in [0.15, 0.2) is 0 Å². The average Bonchev–Trinajstić information content (AvgIpc) is 3.40. The highest BCUT2D eigenvalue weighted by Gasteiger charge is 2.16. The van der Waals surface area contributed by atoms with Crippen LogP contribution in [0.2, 0.25) is 0 Å². The van der Waals surface area contributed by atoms with E-state index in [1.165, 1.54) is 11.1 Å². The summed E-state index contributed by atoms with van der Waals surface area (Å²) in [5.41, 5.74) is 14.4. The molecule has 4 heterocycles. The summed E-state index contributed by atoms with van der Waals surface area (Å²) in [5, 5.41) is 8.74. The summed E-state index contributed by atoms with van der Waals surface area (Å²) in [6.45, 7) is 17.1. The van der Waals surface area contributed by atoms with Crippen LogP contribution in [0.5, 0.6) is 0 Å². The number of pyridine rings is 4. The molecule has 0 saturated carbocycles. The Morgan fingerprint density at radius 1 is 0.370 bits per heavy atom. The molecule has 9 aromatic rings. The van der Waals surface area contributed by atoms with E-state index in [9.17, 15) is 14.4 Å². The van der Waals surface area contributed by atoms with Gasteiger partial charge in [0.25, 0.3) is 17.7 Å². The number of carbonyl (C=O) groups excluding carboxylic acids is 3. The molecule has 0 aliphatic carbocycles. The number of aromatic nitrogens is 4. The van der Waals surface area contributed by atoms with Crippen LogP contribution in [-0.2, 0) is 10.8 Å². The third-order valence-corrected chi connectivity index (χ3v) is 11.8. The van der Waals surface area contributed by atoms with Gasteiger partial charge in [0.2, 0.25) is 0 Å². The fraction of sp³-hybridized carbons (Fsp3) is 0.159. The SMILES string of the molecule is CC(C)(C)c1ccc(NC(=O)c2ccc(-c3ccccn3)nc2)cc1.Cc1ccc(NC(=O)c2ccc(-c3ccccn3)cc2)cc1.Cc1cccnc1-c1ccc(C(=O)Nc2ccc(C(C)(C)C)cc2)cc1. The minimum atomic E-state index is -0.177. The second kappa shape index (κ2) is 23.8. The summed E-state index contributed by atoms with van der Waals surface area (Å²) in [7, 11) is 0. The maximum atomic E-state index is 12.5. The fourth-order valence-corrected chi connectivity index (χ4v) is 7.44. The quantitative estimate of drug-likeness (QED) is 0.131. The van der Waals surface area contributed by atoms with Crippen LogP contribution in [0, 0.1) is 13.8 Å². The predicted octanol–water partition coefficient (Wildman–Crippen LogP) is 14.6. The van der Waals surface area contributed by atoms with Gasteiger partial charge in [-0.25, -0.2) is 0 Å². The van der Waals surface area contributed by atoms with Crippen LogP contribution in [-0.4, -0.2) is 37.7 Å². The lowest BCUT2D eigenvalue weighted by Gasteiger charge is -2.19. The summed E-state index contributed by atoms with van der Waals surface area (Å²) in [6, 6.07) is 57.6.